The minimum Gasteiger partial charge on any atom is -0.396 e. The quantitative estimate of drug-likeness (QED) is 0.830. The third kappa shape index (κ3) is 2.91. The molecule has 4 atom stereocenters. The Morgan fingerprint density at radius 2 is 2.06 bits per heavy atom. The van der Waals surface area contributed by atoms with E-state index in [2.05, 4.69) is 20.8 Å². The zero-order valence-corrected chi connectivity index (χ0v) is 12.3. The first-order chi connectivity index (χ1) is 8.57. The van der Waals surface area contributed by atoms with E-state index in [1.165, 1.54) is 32.1 Å². The molecular formula is C16H30O2. The van der Waals surface area contributed by atoms with Crippen LogP contribution in [0.3, 0.4) is 0 Å². The highest BCUT2D eigenvalue weighted by Gasteiger charge is 2.47. The van der Waals surface area contributed by atoms with Gasteiger partial charge in [-0.25, -0.2) is 0 Å². The van der Waals surface area contributed by atoms with Crippen molar-refractivity contribution in [3.63, 3.8) is 0 Å². The van der Waals surface area contributed by atoms with Gasteiger partial charge in [-0.1, -0.05) is 27.2 Å². The molecule has 2 heteroatoms. The molecule has 1 N–H and O–H groups in total. The van der Waals surface area contributed by atoms with E-state index in [0.29, 0.717) is 12.0 Å². The molecular weight excluding hydrogens is 224 g/mol. The van der Waals surface area contributed by atoms with Gasteiger partial charge in [0.15, 0.2) is 0 Å². The van der Waals surface area contributed by atoms with E-state index in [0.717, 1.165) is 24.7 Å². The molecule has 106 valence electrons. The Morgan fingerprint density at radius 3 is 2.72 bits per heavy atom. The van der Waals surface area contributed by atoms with E-state index >= 15 is 0 Å². The fraction of sp³-hybridized carbons (Fsp3) is 1.00. The molecule has 1 aliphatic heterocycles. The third-order valence-corrected chi connectivity index (χ3v) is 5.12. The van der Waals surface area contributed by atoms with Crippen molar-refractivity contribution in [2.45, 2.75) is 77.4 Å². The van der Waals surface area contributed by atoms with Crippen molar-refractivity contribution in [1.29, 1.82) is 0 Å². The van der Waals surface area contributed by atoms with Crippen LogP contribution in [0.1, 0.15) is 65.7 Å². The first-order valence-electron chi connectivity index (χ1n) is 7.86. The summed E-state index contributed by atoms with van der Waals surface area (Å²) in [6, 6.07) is 0. The van der Waals surface area contributed by atoms with Gasteiger partial charge in [-0.15, -0.1) is 0 Å². The van der Waals surface area contributed by atoms with Gasteiger partial charge in [0.2, 0.25) is 0 Å². The molecule has 0 amide bonds. The van der Waals surface area contributed by atoms with Crippen molar-refractivity contribution < 1.29 is 9.84 Å². The van der Waals surface area contributed by atoms with Crippen LogP contribution in [-0.4, -0.2) is 23.4 Å². The lowest BCUT2D eigenvalue weighted by atomic mass is 9.64. The Hall–Kier alpha value is -0.0800. The Bertz CT molecular complexity index is 262. The average molecular weight is 254 g/mol. The minimum atomic E-state index is 0.129. The Kier molecular flexibility index (Phi) is 4.71. The van der Waals surface area contributed by atoms with Gasteiger partial charge < -0.3 is 9.84 Å². The largest absolute Gasteiger partial charge is 0.396 e. The Balaban J connectivity index is 2.12. The van der Waals surface area contributed by atoms with Gasteiger partial charge in [-0.2, -0.15) is 0 Å². The molecule has 0 radical (unpaired) electrons. The van der Waals surface area contributed by atoms with E-state index in [-0.39, 0.29) is 12.2 Å². The Labute approximate surface area is 112 Å². The lowest BCUT2D eigenvalue weighted by Crippen LogP contribution is -2.52. The van der Waals surface area contributed by atoms with Gasteiger partial charge in [0.05, 0.1) is 11.7 Å². The maximum atomic E-state index is 9.15. The zero-order chi connectivity index (χ0) is 13.2. The summed E-state index contributed by atoms with van der Waals surface area (Å²) in [6.07, 6.45) is 8.70. The number of aliphatic hydroxyl groups is 1. The molecule has 1 heterocycles. The van der Waals surface area contributed by atoms with Crippen LogP contribution in [0.15, 0.2) is 0 Å². The third-order valence-electron chi connectivity index (χ3n) is 5.12. The van der Waals surface area contributed by atoms with Crippen LogP contribution in [0.25, 0.3) is 0 Å². The summed E-state index contributed by atoms with van der Waals surface area (Å²) in [6.45, 7) is 7.34. The van der Waals surface area contributed by atoms with Gasteiger partial charge in [-0.3, -0.25) is 0 Å². The van der Waals surface area contributed by atoms with E-state index in [1.54, 1.807) is 0 Å². The number of hydrogen-bond donors (Lipinski definition) is 1. The highest BCUT2D eigenvalue weighted by Crippen LogP contribution is 2.49. The van der Waals surface area contributed by atoms with Crippen LogP contribution >= 0.6 is 0 Å². The van der Waals surface area contributed by atoms with E-state index in [9.17, 15) is 0 Å². The molecule has 2 aliphatic rings. The molecule has 0 aromatic rings. The van der Waals surface area contributed by atoms with E-state index in [1.807, 2.05) is 0 Å². The van der Waals surface area contributed by atoms with Gasteiger partial charge in [0, 0.05) is 6.61 Å². The van der Waals surface area contributed by atoms with Crippen molar-refractivity contribution in [1.82, 2.24) is 0 Å². The average Bonchev–Trinajstić information content (AvgIpc) is 2.28. The first-order valence-corrected chi connectivity index (χ1v) is 7.86. The van der Waals surface area contributed by atoms with Crippen LogP contribution in [0, 0.1) is 17.8 Å². The Morgan fingerprint density at radius 1 is 1.28 bits per heavy atom. The molecule has 1 aliphatic carbocycles. The van der Waals surface area contributed by atoms with Crippen LogP contribution in [0.2, 0.25) is 0 Å². The van der Waals surface area contributed by atoms with Crippen LogP contribution in [0.4, 0.5) is 0 Å². The summed E-state index contributed by atoms with van der Waals surface area (Å²) in [5.74, 6) is 2.23. The summed E-state index contributed by atoms with van der Waals surface area (Å²) in [7, 11) is 0. The van der Waals surface area contributed by atoms with Crippen molar-refractivity contribution >= 4 is 0 Å². The molecule has 2 unspecified atom stereocenters. The van der Waals surface area contributed by atoms with Gasteiger partial charge in [-0.05, 0) is 56.3 Å². The van der Waals surface area contributed by atoms with Crippen molar-refractivity contribution in [3.05, 3.63) is 0 Å². The van der Waals surface area contributed by atoms with Crippen molar-refractivity contribution in [2.24, 2.45) is 17.8 Å². The second-order valence-electron chi connectivity index (χ2n) is 6.95. The highest BCUT2D eigenvalue weighted by molar-refractivity contribution is 4.97. The molecule has 0 aromatic carbocycles. The SMILES string of the molecule is CC(C)[C@@H]1CC[C@@H](C)CC12CCCC(CCO)O2. The predicted molar refractivity (Wildman–Crippen MR) is 74.5 cm³/mol. The summed E-state index contributed by atoms with van der Waals surface area (Å²) < 4.78 is 6.54. The van der Waals surface area contributed by atoms with E-state index in [4.69, 9.17) is 9.84 Å². The maximum Gasteiger partial charge on any atom is 0.0719 e. The molecule has 2 nitrogen and oxygen atoms in total. The van der Waals surface area contributed by atoms with Gasteiger partial charge in [0.1, 0.15) is 0 Å². The molecule has 1 saturated carbocycles. The standard InChI is InChI=1S/C16H30O2/c1-12(2)15-7-6-13(3)11-16(15)9-4-5-14(18-16)8-10-17/h12-15,17H,4-11H2,1-3H3/t13-,14?,15+,16?/m1/s1. The van der Waals surface area contributed by atoms with Crippen LogP contribution in [-0.2, 0) is 4.74 Å². The van der Waals surface area contributed by atoms with Gasteiger partial charge >= 0.3 is 0 Å². The fourth-order valence-electron chi connectivity index (χ4n) is 4.36. The van der Waals surface area contributed by atoms with Crippen molar-refractivity contribution in [3.8, 4) is 0 Å². The topological polar surface area (TPSA) is 29.5 Å². The second kappa shape index (κ2) is 5.92. The molecule has 2 rings (SSSR count). The fourth-order valence-corrected chi connectivity index (χ4v) is 4.36. The molecule has 1 spiro atoms. The molecule has 1 saturated heterocycles. The molecule has 18 heavy (non-hydrogen) atoms. The van der Waals surface area contributed by atoms with Crippen LogP contribution < -0.4 is 0 Å². The second-order valence-corrected chi connectivity index (χ2v) is 6.95. The number of rotatable bonds is 3. The lowest BCUT2D eigenvalue weighted by Gasteiger charge is -2.52. The molecule has 0 aromatic heterocycles. The zero-order valence-electron chi connectivity index (χ0n) is 12.3. The van der Waals surface area contributed by atoms with Crippen LogP contribution in [0.5, 0.6) is 0 Å². The maximum absolute atomic E-state index is 9.15. The smallest absolute Gasteiger partial charge is 0.0719 e. The highest BCUT2D eigenvalue weighted by atomic mass is 16.5. The predicted octanol–water partition coefficient (Wildman–Crippen LogP) is 3.77. The normalized spacial score (nSPS) is 41.5. The lowest BCUT2D eigenvalue weighted by molar-refractivity contribution is -0.193. The first kappa shape index (κ1) is 14.3. The van der Waals surface area contributed by atoms with E-state index < -0.39 is 0 Å². The summed E-state index contributed by atoms with van der Waals surface area (Å²) >= 11 is 0. The summed E-state index contributed by atoms with van der Waals surface area (Å²) in [5.41, 5.74) is 0.129. The van der Waals surface area contributed by atoms with Crippen molar-refractivity contribution in [2.75, 3.05) is 6.61 Å². The number of ether oxygens (including phenoxy) is 1. The number of hydrogen-bond acceptors (Lipinski definition) is 2. The van der Waals surface area contributed by atoms with Gasteiger partial charge in [0.25, 0.3) is 0 Å². The monoisotopic (exact) mass is 254 g/mol. The molecule has 0 bridgehead atoms. The number of aliphatic hydroxyl groups excluding tert-OH is 1. The minimum absolute atomic E-state index is 0.129. The summed E-state index contributed by atoms with van der Waals surface area (Å²) in [4.78, 5) is 0. The molecule has 2 fully saturated rings. The summed E-state index contributed by atoms with van der Waals surface area (Å²) in [5, 5.41) is 9.15.